The molecule has 0 aliphatic carbocycles. The fourth-order valence-corrected chi connectivity index (χ4v) is 4.19. The summed E-state index contributed by atoms with van der Waals surface area (Å²) >= 11 is 6.15. The van der Waals surface area contributed by atoms with Crippen LogP contribution in [0.4, 0.5) is 17.1 Å². The standard InChI is InChI=1S/C22H20ClN3O7S/c1-2-32-18-8-6-15(7-9-18)25-34(30,31)19-10-11-21(20(23)13-19)33-14-22(27)24-16-4-3-5-17(12-16)26(28)29/h3-13,25H,2,14H2,1H3,(H,24,27). The zero-order valence-corrected chi connectivity index (χ0v) is 19.4. The van der Waals surface area contributed by atoms with E-state index in [0.29, 0.717) is 18.0 Å². The van der Waals surface area contributed by atoms with E-state index < -0.39 is 27.5 Å². The number of hydrogen-bond acceptors (Lipinski definition) is 7. The third-order valence-corrected chi connectivity index (χ3v) is 6.01. The molecule has 3 aromatic rings. The number of nitrogens with one attached hydrogen (secondary N) is 2. The molecule has 0 aliphatic heterocycles. The number of rotatable bonds is 10. The van der Waals surface area contributed by atoms with Crippen LogP contribution in [0, 0.1) is 10.1 Å². The predicted octanol–water partition coefficient (Wildman–Crippen LogP) is 4.47. The Morgan fingerprint density at radius 2 is 1.76 bits per heavy atom. The number of nitrogens with zero attached hydrogens (tertiary/aromatic N) is 1. The van der Waals surface area contributed by atoms with Gasteiger partial charge in [-0.25, -0.2) is 8.42 Å². The summed E-state index contributed by atoms with van der Waals surface area (Å²) in [6.07, 6.45) is 0. The SMILES string of the molecule is CCOc1ccc(NS(=O)(=O)c2ccc(OCC(=O)Nc3cccc([N+](=O)[O-])c3)c(Cl)c2)cc1. The Balaban J connectivity index is 1.62. The van der Waals surface area contributed by atoms with Crippen molar-refractivity contribution in [3.63, 3.8) is 0 Å². The summed E-state index contributed by atoms with van der Waals surface area (Å²) in [5, 5.41) is 13.3. The number of hydrogen-bond donors (Lipinski definition) is 2. The highest BCUT2D eigenvalue weighted by Crippen LogP contribution is 2.29. The maximum absolute atomic E-state index is 12.7. The molecule has 0 saturated heterocycles. The Hall–Kier alpha value is -3.83. The van der Waals surface area contributed by atoms with Crippen molar-refractivity contribution in [3.05, 3.63) is 81.9 Å². The summed E-state index contributed by atoms with van der Waals surface area (Å²) in [6, 6.07) is 15.7. The van der Waals surface area contributed by atoms with Crippen molar-refractivity contribution in [1.82, 2.24) is 0 Å². The molecule has 0 fully saturated rings. The van der Waals surface area contributed by atoms with Gasteiger partial charge in [0, 0.05) is 23.5 Å². The van der Waals surface area contributed by atoms with Gasteiger partial charge in [0.25, 0.3) is 21.6 Å². The van der Waals surface area contributed by atoms with E-state index in [9.17, 15) is 23.3 Å². The summed E-state index contributed by atoms with van der Waals surface area (Å²) in [5.74, 6) is 0.130. The highest BCUT2D eigenvalue weighted by molar-refractivity contribution is 7.92. The molecule has 34 heavy (non-hydrogen) atoms. The van der Waals surface area contributed by atoms with Gasteiger partial charge in [-0.05, 0) is 55.5 Å². The van der Waals surface area contributed by atoms with Crippen LogP contribution in [0.2, 0.25) is 5.02 Å². The zero-order valence-electron chi connectivity index (χ0n) is 17.9. The van der Waals surface area contributed by atoms with Crippen molar-refractivity contribution in [1.29, 1.82) is 0 Å². The maximum atomic E-state index is 12.7. The Morgan fingerprint density at radius 1 is 1.03 bits per heavy atom. The smallest absolute Gasteiger partial charge is 0.271 e. The van der Waals surface area contributed by atoms with Gasteiger partial charge in [-0.3, -0.25) is 19.6 Å². The van der Waals surface area contributed by atoms with Crippen molar-refractivity contribution in [3.8, 4) is 11.5 Å². The number of halogens is 1. The molecule has 0 aliphatic rings. The molecule has 1 amide bonds. The largest absolute Gasteiger partial charge is 0.494 e. The first-order valence-corrected chi connectivity index (χ1v) is 11.8. The van der Waals surface area contributed by atoms with Crippen LogP contribution in [-0.4, -0.2) is 32.5 Å². The molecule has 0 heterocycles. The summed E-state index contributed by atoms with van der Waals surface area (Å²) in [5.41, 5.74) is 0.408. The third kappa shape index (κ3) is 6.59. The molecule has 0 aromatic heterocycles. The van der Waals surface area contributed by atoms with Gasteiger partial charge in [-0.1, -0.05) is 17.7 Å². The normalized spacial score (nSPS) is 10.9. The molecule has 10 nitrogen and oxygen atoms in total. The molecule has 0 bridgehead atoms. The number of amides is 1. The molecule has 178 valence electrons. The van der Waals surface area contributed by atoms with Crippen LogP contribution in [0.25, 0.3) is 0 Å². The van der Waals surface area contributed by atoms with Crippen LogP contribution in [0.15, 0.2) is 71.6 Å². The number of anilines is 2. The number of carbonyl (C=O) groups excluding carboxylic acids is 1. The van der Waals surface area contributed by atoms with Gasteiger partial charge >= 0.3 is 0 Å². The lowest BCUT2D eigenvalue weighted by molar-refractivity contribution is -0.384. The lowest BCUT2D eigenvalue weighted by Gasteiger charge is -2.12. The first kappa shape index (κ1) is 24.8. The average Bonchev–Trinajstić information content (AvgIpc) is 2.79. The molecule has 0 spiro atoms. The van der Waals surface area contributed by atoms with Crippen molar-refractivity contribution in [2.24, 2.45) is 0 Å². The second-order valence-electron chi connectivity index (χ2n) is 6.80. The Kier molecular flexibility index (Phi) is 7.92. The van der Waals surface area contributed by atoms with Crippen LogP contribution < -0.4 is 19.5 Å². The van der Waals surface area contributed by atoms with Crippen LogP contribution in [-0.2, 0) is 14.8 Å². The van der Waals surface area contributed by atoms with E-state index in [1.807, 2.05) is 6.92 Å². The summed E-state index contributed by atoms with van der Waals surface area (Å²) in [4.78, 5) is 22.3. The van der Waals surface area contributed by atoms with Gasteiger partial charge in [-0.2, -0.15) is 0 Å². The van der Waals surface area contributed by atoms with E-state index in [-0.39, 0.29) is 27.0 Å². The lowest BCUT2D eigenvalue weighted by atomic mass is 10.3. The molecule has 2 N–H and O–H groups in total. The minimum atomic E-state index is -3.93. The first-order chi connectivity index (χ1) is 16.2. The van der Waals surface area contributed by atoms with Gasteiger partial charge in [0.2, 0.25) is 0 Å². The number of benzene rings is 3. The van der Waals surface area contributed by atoms with Crippen molar-refractivity contribution >= 4 is 44.6 Å². The van der Waals surface area contributed by atoms with Crippen molar-refractivity contribution in [2.75, 3.05) is 23.3 Å². The van der Waals surface area contributed by atoms with E-state index in [2.05, 4.69) is 10.0 Å². The highest BCUT2D eigenvalue weighted by Gasteiger charge is 2.17. The maximum Gasteiger partial charge on any atom is 0.271 e. The molecular weight excluding hydrogens is 486 g/mol. The zero-order chi connectivity index (χ0) is 24.7. The van der Waals surface area contributed by atoms with Gasteiger partial charge in [0.05, 0.1) is 21.4 Å². The quantitative estimate of drug-likeness (QED) is 0.306. The monoisotopic (exact) mass is 505 g/mol. The Morgan fingerprint density at radius 3 is 2.41 bits per heavy atom. The fourth-order valence-electron chi connectivity index (χ4n) is 2.80. The van der Waals surface area contributed by atoms with Crippen LogP contribution >= 0.6 is 11.6 Å². The van der Waals surface area contributed by atoms with Gasteiger partial charge < -0.3 is 14.8 Å². The summed E-state index contributed by atoms with van der Waals surface area (Å²) in [7, 11) is -3.93. The van der Waals surface area contributed by atoms with Crippen LogP contribution in [0.5, 0.6) is 11.5 Å². The van der Waals surface area contributed by atoms with Gasteiger partial charge in [0.15, 0.2) is 6.61 Å². The Bertz CT molecular complexity index is 1300. The van der Waals surface area contributed by atoms with Crippen molar-refractivity contribution in [2.45, 2.75) is 11.8 Å². The number of ether oxygens (including phenoxy) is 2. The number of non-ortho nitro benzene ring substituents is 1. The first-order valence-electron chi connectivity index (χ1n) is 9.90. The fraction of sp³-hybridized carbons (Fsp3) is 0.136. The van der Waals surface area contributed by atoms with E-state index in [1.54, 1.807) is 24.3 Å². The summed E-state index contributed by atoms with van der Waals surface area (Å²) in [6.45, 7) is 1.89. The number of carbonyl (C=O) groups is 1. The molecule has 0 atom stereocenters. The second-order valence-corrected chi connectivity index (χ2v) is 8.89. The third-order valence-electron chi connectivity index (χ3n) is 4.33. The Labute approximate surface area is 200 Å². The molecule has 3 aromatic carbocycles. The number of sulfonamides is 1. The highest BCUT2D eigenvalue weighted by atomic mass is 35.5. The molecular formula is C22H20ClN3O7S. The van der Waals surface area contributed by atoms with E-state index in [4.69, 9.17) is 21.1 Å². The predicted molar refractivity (Wildman–Crippen MR) is 127 cm³/mol. The number of nitro benzene ring substituents is 1. The molecule has 0 saturated carbocycles. The van der Waals surface area contributed by atoms with E-state index >= 15 is 0 Å². The van der Waals surface area contributed by atoms with Crippen LogP contribution in [0.1, 0.15) is 6.92 Å². The molecule has 0 unspecified atom stereocenters. The van der Waals surface area contributed by atoms with Gasteiger partial charge in [0.1, 0.15) is 11.5 Å². The molecule has 3 rings (SSSR count). The van der Waals surface area contributed by atoms with Crippen LogP contribution in [0.3, 0.4) is 0 Å². The summed E-state index contributed by atoms with van der Waals surface area (Å²) < 4.78 is 38.5. The van der Waals surface area contributed by atoms with E-state index in [0.717, 1.165) is 0 Å². The second kappa shape index (κ2) is 10.9. The lowest BCUT2D eigenvalue weighted by Crippen LogP contribution is -2.20. The minimum absolute atomic E-state index is 0.0160. The molecule has 12 heteroatoms. The minimum Gasteiger partial charge on any atom is -0.494 e. The topological polar surface area (TPSA) is 137 Å². The molecule has 0 radical (unpaired) electrons. The van der Waals surface area contributed by atoms with Crippen molar-refractivity contribution < 1.29 is 27.6 Å². The van der Waals surface area contributed by atoms with E-state index in [1.165, 1.54) is 42.5 Å². The number of nitro groups is 1. The average molecular weight is 506 g/mol. The van der Waals surface area contributed by atoms with Gasteiger partial charge in [-0.15, -0.1) is 0 Å².